The number of thiophene rings is 1. The van der Waals surface area contributed by atoms with Gasteiger partial charge in [0.1, 0.15) is 0 Å². The average molecular weight is 724 g/mol. The summed E-state index contributed by atoms with van der Waals surface area (Å²) in [7, 11) is 3.50. The second kappa shape index (κ2) is 15.0. The van der Waals surface area contributed by atoms with E-state index in [0.717, 1.165) is 56.3 Å². The van der Waals surface area contributed by atoms with Gasteiger partial charge in [0.05, 0.1) is 34.4 Å². The van der Waals surface area contributed by atoms with Gasteiger partial charge in [-0.25, -0.2) is 4.79 Å². The number of rotatable bonds is 8. The lowest BCUT2D eigenvalue weighted by Crippen LogP contribution is -2.54. The number of carbonyl (C=O) groups excluding carboxylic acids is 3. The van der Waals surface area contributed by atoms with Crippen molar-refractivity contribution in [2.75, 3.05) is 77.1 Å². The van der Waals surface area contributed by atoms with Crippen LogP contribution < -0.4 is 10.6 Å². The van der Waals surface area contributed by atoms with Crippen LogP contribution in [0.5, 0.6) is 0 Å². The topological polar surface area (TPSA) is 91.5 Å². The van der Waals surface area contributed by atoms with E-state index < -0.39 is 17.7 Å². The standard InChI is InChI=1S/C34H45ClF3N7O3S/c1-39-31-27(34(36,37)38)16-22(17-28(31)35)15-23(32(47)44-9-3-25(4-10-44)42-13-11-41(2)12-14-42)18-30(46)43-7-5-26(6-8-43)45-19-24-20-49-21-29(24)40-33(45)48/h16-17,20-21,23,25-26,39H,3-15,18-19H2,1-2H3,(H,40,48)/t23-/m0/s1. The molecular weight excluding hydrogens is 679 g/mol. The average Bonchev–Trinajstić information content (AvgIpc) is 3.54. The van der Waals surface area contributed by atoms with Crippen LogP contribution in [0, 0.1) is 5.92 Å². The summed E-state index contributed by atoms with van der Waals surface area (Å²) in [6.45, 7) is 6.49. The first-order chi connectivity index (χ1) is 23.4. The molecule has 2 N–H and O–H groups in total. The summed E-state index contributed by atoms with van der Waals surface area (Å²) in [6, 6.07) is 2.72. The number of likely N-dealkylation sites (N-methyl/N-ethyl adjacent to an activating group) is 1. The van der Waals surface area contributed by atoms with E-state index in [4.69, 9.17) is 11.6 Å². The molecule has 4 aliphatic rings. The summed E-state index contributed by atoms with van der Waals surface area (Å²) < 4.78 is 42.1. The predicted molar refractivity (Wildman–Crippen MR) is 185 cm³/mol. The maximum atomic E-state index is 14.1. The van der Waals surface area contributed by atoms with E-state index in [9.17, 15) is 27.6 Å². The summed E-state index contributed by atoms with van der Waals surface area (Å²) in [4.78, 5) is 50.8. The van der Waals surface area contributed by atoms with E-state index in [0.29, 0.717) is 51.6 Å². The van der Waals surface area contributed by atoms with Gasteiger partial charge in [-0.05, 0) is 62.2 Å². The van der Waals surface area contributed by atoms with Gasteiger partial charge in [0.25, 0.3) is 0 Å². The molecule has 0 radical (unpaired) electrons. The molecule has 0 unspecified atom stereocenters. The van der Waals surface area contributed by atoms with E-state index in [1.807, 2.05) is 15.7 Å². The number of hydrogen-bond donors (Lipinski definition) is 2. The number of halogens is 4. The lowest BCUT2D eigenvalue weighted by Gasteiger charge is -2.42. The van der Waals surface area contributed by atoms with Gasteiger partial charge in [-0.3, -0.25) is 14.5 Å². The number of anilines is 2. The Labute approximate surface area is 294 Å². The van der Waals surface area contributed by atoms with Crippen LogP contribution in [0.3, 0.4) is 0 Å². The van der Waals surface area contributed by atoms with Crippen molar-refractivity contribution in [3.63, 3.8) is 0 Å². The predicted octanol–water partition coefficient (Wildman–Crippen LogP) is 5.29. The molecule has 49 heavy (non-hydrogen) atoms. The zero-order valence-electron chi connectivity index (χ0n) is 28.0. The van der Waals surface area contributed by atoms with Crippen LogP contribution >= 0.6 is 22.9 Å². The minimum absolute atomic E-state index is 0.0234. The smallest absolute Gasteiger partial charge is 0.386 e. The lowest BCUT2D eigenvalue weighted by atomic mass is 9.91. The highest BCUT2D eigenvalue weighted by Crippen LogP contribution is 2.40. The molecule has 4 amide bonds. The molecule has 0 saturated carbocycles. The van der Waals surface area contributed by atoms with Crippen molar-refractivity contribution in [3.8, 4) is 0 Å². The van der Waals surface area contributed by atoms with E-state index in [-0.39, 0.29) is 53.0 Å². The molecule has 268 valence electrons. The number of piperazine rings is 1. The van der Waals surface area contributed by atoms with Crippen molar-refractivity contribution in [1.82, 2.24) is 24.5 Å². The first kappa shape index (κ1) is 35.7. The molecule has 0 bridgehead atoms. The third-order valence-electron chi connectivity index (χ3n) is 10.6. The van der Waals surface area contributed by atoms with Crippen molar-refractivity contribution in [2.24, 2.45) is 5.92 Å². The number of hydrogen-bond acceptors (Lipinski definition) is 7. The Hall–Kier alpha value is -3.07. The van der Waals surface area contributed by atoms with Crippen LogP contribution in [0.15, 0.2) is 22.9 Å². The highest BCUT2D eigenvalue weighted by atomic mass is 35.5. The first-order valence-electron chi connectivity index (χ1n) is 17.1. The molecule has 0 spiro atoms. The lowest BCUT2D eigenvalue weighted by molar-refractivity contribution is -0.143. The fourth-order valence-electron chi connectivity index (χ4n) is 7.75. The summed E-state index contributed by atoms with van der Waals surface area (Å²) in [5.41, 5.74) is 1.07. The van der Waals surface area contributed by atoms with Crippen LogP contribution in [0.25, 0.3) is 0 Å². The van der Waals surface area contributed by atoms with E-state index in [1.165, 1.54) is 13.1 Å². The zero-order valence-corrected chi connectivity index (χ0v) is 29.6. The largest absolute Gasteiger partial charge is 0.418 e. The second-order valence-corrected chi connectivity index (χ2v) is 14.9. The number of benzene rings is 1. The van der Waals surface area contributed by atoms with Gasteiger partial charge >= 0.3 is 12.2 Å². The van der Waals surface area contributed by atoms with Gasteiger partial charge < -0.3 is 30.2 Å². The third kappa shape index (κ3) is 8.13. The van der Waals surface area contributed by atoms with E-state index in [1.54, 1.807) is 21.1 Å². The number of fused-ring (bicyclic) bond motifs is 1. The molecule has 3 saturated heterocycles. The third-order valence-corrected chi connectivity index (χ3v) is 11.7. The Morgan fingerprint density at radius 1 is 0.980 bits per heavy atom. The van der Waals surface area contributed by atoms with Crippen LogP contribution in [0.1, 0.15) is 48.8 Å². The molecular formula is C34H45ClF3N7O3S. The van der Waals surface area contributed by atoms with Gasteiger partial charge in [0.2, 0.25) is 11.8 Å². The molecule has 6 rings (SSSR count). The number of urea groups is 1. The molecule has 1 aromatic heterocycles. The Bertz CT molecular complexity index is 1520. The van der Waals surface area contributed by atoms with Gasteiger partial charge in [0, 0.05) is 88.9 Å². The van der Waals surface area contributed by atoms with Crippen molar-refractivity contribution in [3.05, 3.63) is 44.6 Å². The van der Waals surface area contributed by atoms with Crippen LogP contribution in [-0.2, 0) is 28.7 Å². The molecule has 3 fully saturated rings. The second-order valence-electron chi connectivity index (χ2n) is 13.7. The number of alkyl halides is 3. The fraction of sp³-hybridized carbons (Fsp3) is 0.618. The maximum absolute atomic E-state index is 14.1. The Morgan fingerprint density at radius 2 is 1.63 bits per heavy atom. The SMILES string of the molecule is CNc1c(Cl)cc(C[C@@H](CC(=O)N2CCC(N3Cc4cscc4NC3=O)CC2)C(=O)N2CCC(N3CCN(C)CC3)CC2)cc1C(F)(F)F. The van der Waals surface area contributed by atoms with Crippen molar-refractivity contribution in [2.45, 2.75) is 63.3 Å². The van der Waals surface area contributed by atoms with Crippen LogP contribution in [0.2, 0.25) is 5.02 Å². The number of carbonyl (C=O) groups is 3. The van der Waals surface area contributed by atoms with Gasteiger partial charge in [-0.2, -0.15) is 13.2 Å². The van der Waals surface area contributed by atoms with Gasteiger partial charge in [0.15, 0.2) is 0 Å². The molecule has 1 atom stereocenters. The number of likely N-dealkylation sites (tertiary alicyclic amines) is 2. The minimum Gasteiger partial charge on any atom is -0.386 e. The quantitative estimate of drug-likeness (QED) is 0.385. The van der Waals surface area contributed by atoms with Crippen molar-refractivity contribution in [1.29, 1.82) is 0 Å². The molecule has 10 nitrogen and oxygen atoms in total. The zero-order chi connectivity index (χ0) is 34.9. The van der Waals surface area contributed by atoms with E-state index in [2.05, 4.69) is 27.5 Å². The summed E-state index contributed by atoms with van der Waals surface area (Å²) in [5.74, 6) is -1.26. The first-order valence-corrected chi connectivity index (χ1v) is 18.4. The van der Waals surface area contributed by atoms with Crippen LogP contribution in [-0.4, -0.2) is 121 Å². The fourth-order valence-corrected chi connectivity index (χ4v) is 8.86. The number of nitrogens with one attached hydrogen (secondary N) is 2. The Morgan fingerprint density at radius 3 is 2.29 bits per heavy atom. The van der Waals surface area contributed by atoms with Crippen molar-refractivity contribution < 1.29 is 27.6 Å². The van der Waals surface area contributed by atoms with Gasteiger partial charge in [-0.1, -0.05) is 11.6 Å². The molecule has 1 aromatic carbocycles. The highest BCUT2D eigenvalue weighted by molar-refractivity contribution is 7.08. The molecule has 0 aliphatic carbocycles. The summed E-state index contributed by atoms with van der Waals surface area (Å²) >= 11 is 7.86. The van der Waals surface area contributed by atoms with Crippen molar-refractivity contribution >= 4 is 52.2 Å². The minimum atomic E-state index is -4.65. The summed E-state index contributed by atoms with van der Waals surface area (Å²) in [5, 5.41) is 9.36. The highest BCUT2D eigenvalue weighted by Gasteiger charge is 2.38. The molecule has 2 aromatic rings. The molecule has 15 heteroatoms. The normalized spacial score (nSPS) is 21.0. The van der Waals surface area contributed by atoms with Gasteiger partial charge in [-0.15, -0.1) is 11.3 Å². The number of nitrogens with zero attached hydrogens (tertiary/aromatic N) is 5. The summed E-state index contributed by atoms with van der Waals surface area (Å²) in [6.07, 6.45) is -1.96. The van der Waals surface area contributed by atoms with E-state index >= 15 is 0 Å². The number of piperidine rings is 2. The molecule has 5 heterocycles. The van der Waals surface area contributed by atoms with Crippen LogP contribution in [0.4, 0.5) is 29.3 Å². The Kier molecular flexibility index (Phi) is 11.0. The Balaban J connectivity index is 1.14. The monoisotopic (exact) mass is 723 g/mol. The molecule has 4 aliphatic heterocycles. The number of amides is 4. The maximum Gasteiger partial charge on any atom is 0.418 e.